The first-order chi connectivity index (χ1) is 11.1. The van der Waals surface area contributed by atoms with E-state index in [4.69, 9.17) is 9.05 Å². The average molecular weight is 331 g/mol. The summed E-state index contributed by atoms with van der Waals surface area (Å²) in [4.78, 5) is 2.13. The van der Waals surface area contributed by atoms with Gasteiger partial charge < -0.3 is 13.9 Å². The van der Waals surface area contributed by atoms with Crippen LogP contribution in [0.25, 0.3) is 0 Å². The summed E-state index contributed by atoms with van der Waals surface area (Å²) >= 11 is 0. The SMILES string of the molecule is COP(=O)(OC)C1c2ccccc2CCN1c1ccc(C)cc1. The van der Waals surface area contributed by atoms with Gasteiger partial charge in [0.15, 0.2) is 5.78 Å². The lowest BCUT2D eigenvalue weighted by atomic mass is 9.99. The van der Waals surface area contributed by atoms with Gasteiger partial charge in [0.05, 0.1) is 0 Å². The second-order valence-corrected chi connectivity index (χ2v) is 8.06. The molecule has 1 aliphatic heterocycles. The predicted molar refractivity (Wildman–Crippen MR) is 93.0 cm³/mol. The number of aryl methyl sites for hydroxylation is 1. The maximum absolute atomic E-state index is 13.2. The molecule has 0 fully saturated rings. The number of anilines is 1. The number of hydrogen-bond acceptors (Lipinski definition) is 4. The van der Waals surface area contributed by atoms with Crippen molar-refractivity contribution in [3.05, 3.63) is 65.2 Å². The van der Waals surface area contributed by atoms with Crippen molar-refractivity contribution in [1.29, 1.82) is 0 Å². The average Bonchev–Trinajstić information content (AvgIpc) is 2.61. The largest absolute Gasteiger partial charge is 0.356 e. The minimum Gasteiger partial charge on any atom is -0.353 e. The molecule has 5 heteroatoms. The fraction of sp³-hybridized carbons (Fsp3) is 0.333. The second kappa shape index (κ2) is 6.48. The van der Waals surface area contributed by atoms with Crippen molar-refractivity contribution in [1.82, 2.24) is 0 Å². The Morgan fingerprint density at radius 3 is 2.35 bits per heavy atom. The molecule has 2 aromatic rings. The zero-order valence-corrected chi connectivity index (χ0v) is 14.6. The molecule has 1 atom stereocenters. The molecule has 1 unspecified atom stereocenters. The minimum absolute atomic E-state index is 0.426. The lowest BCUT2D eigenvalue weighted by Crippen LogP contribution is -2.36. The lowest BCUT2D eigenvalue weighted by Gasteiger charge is -2.41. The minimum atomic E-state index is -3.30. The molecule has 3 rings (SSSR count). The molecule has 0 amide bonds. The van der Waals surface area contributed by atoms with Crippen molar-refractivity contribution < 1.29 is 13.6 Å². The van der Waals surface area contributed by atoms with Gasteiger partial charge in [-0.05, 0) is 36.6 Å². The van der Waals surface area contributed by atoms with E-state index in [0.29, 0.717) is 0 Å². The second-order valence-electron chi connectivity index (χ2n) is 5.76. The Morgan fingerprint density at radius 1 is 1.04 bits per heavy atom. The fourth-order valence-electron chi connectivity index (χ4n) is 3.17. The molecule has 0 saturated heterocycles. The van der Waals surface area contributed by atoms with Gasteiger partial charge in [0, 0.05) is 26.5 Å². The summed E-state index contributed by atoms with van der Waals surface area (Å²) in [5.74, 6) is -0.426. The number of nitrogens with zero attached hydrogens (tertiary/aromatic N) is 1. The molecule has 4 nitrogen and oxygen atoms in total. The monoisotopic (exact) mass is 331 g/mol. The van der Waals surface area contributed by atoms with Gasteiger partial charge in [-0.15, -0.1) is 0 Å². The van der Waals surface area contributed by atoms with Crippen LogP contribution in [-0.4, -0.2) is 20.8 Å². The van der Waals surface area contributed by atoms with Gasteiger partial charge in [-0.2, -0.15) is 0 Å². The first-order valence-electron chi connectivity index (χ1n) is 7.71. The van der Waals surface area contributed by atoms with Gasteiger partial charge in [0.1, 0.15) is 0 Å². The molecule has 0 spiro atoms. The van der Waals surface area contributed by atoms with E-state index in [2.05, 4.69) is 42.2 Å². The molecule has 1 heterocycles. The standard InChI is InChI=1S/C18H22NO3P/c1-14-8-10-16(11-9-14)19-13-12-15-6-4-5-7-17(15)18(19)23(20,21-2)22-3/h4-11,18H,12-13H2,1-3H3. The molecule has 2 aromatic carbocycles. The normalized spacial score (nSPS) is 17.9. The predicted octanol–water partition coefficient (Wildman–Crippen LogP) is 4.54. The Morgan fingerprint density at radius 2 is 1.70 bits per heavy atom. The highest BCUT2D eigenvalue weighted by atomic mass is 31.2. The maximum Gasteiger partial charge on any atom is 0.356 e. The van der Waals surface area contributed by atoms with Crippen molar-refractivity contribution in [3.63, 3.8) is 0 Å². The van der Waals surface area contributed by atoms with Crippen LogP contribution >= 0.6 is 7.60 Å². The Labute approximate surface area is 137 Å². The van der Waals surface area contributed by atoms with Crippen molar-refractivity contribution >= 4 is 13.3 Å². The first-order valence-corrected chi connectivity index (χ1v) is 9.32. The van der Waals surface area contributed by atoms with E-state index in [9.17, 15) is 4.57 Å². The fourth-order valence-corrected chi connectivity index (χ4v) is 4.90. The third kappa shape index (κ3) is 2.94. The van der Waals surface area contributed by atoms with E-state index in [1.165, 1.54) is 25.3 Å². The van der Waals surface area contributed by atoms with Crippen LogP contribution in [0.15, 0.2) is 48.5 Å². The maximum atomic E-state index is 13.2. The van der Waals surface area contributed by atoms with Crippen LogP contribution in [0.5, 0.6) is 0 Å². The highest BCUT2D eigenvalue weighted by Crippen LogP contribution is 2.63. The van der Waals surface area contributed by atoms with Gasteiger partial charge in [-0.3, -0.25) is 4.57 Å². The zero-order valence-electron chi connectivity index (χ0n) is 13.7. The summed E-state index contributed by atoms with van der Waals surface area (Å²) in [6.07, 6.45) is 0.911. The summed E-state index contributed by atoms with van der Waals surface area (Å²) in [6.45, 7) is 2.84. The van der Waals surface area contributed by atoms with Gasteiger partial charge in [-0.1, -0.05) is 42.0 Å². The summed E-state index contributed by atoms with van der Waals surface area (Å²) in [7, 11) is -0.390. The van der Waals surface area contributed by atoms with E-state index < -0.39 is 13.4 Å². The Bertz CT molecular complexity index is 721. The summed E-state index contributed by atoms with van der Waals surface area (Å²) in [5, 5.41) is 0. The van der Waals surface area contributed by atoms with E-state index in [0.717, 1.165) is 24.2 Å². The van der Waals surface area contributed by atoms with Crippen LogP contribution in [0.3, 0.4) is 0 Å². The van der Waals surface area contributed by atoms with Crippen molar-refractivity contribution in [2.24, 2.45) is 0 Å². The van der Waals surface area contributed by atoms with E-state index in [-0.39, 0.29) is 0 Å². The van der Waals surface area contributed by atoms with Crippen LogP contribution in [0.2, 0.25) is 0 Å². The van der Waals surface area contributed by atoms with Crippen molar-refractivity contribution in [2.45, 2.75) is 19.1 Å². The number of fused-ring (bicyclic) bond motifs is 1. The first kappa shape index (κ1) is 16.3. The molecular formula is C18H22NO3P. The van der Waals surface area contributed by atoms with Gasteiger partial charge >= 0.3 is 7.60 Å². The smallest absolute Gasteiger partial charge is 0.353 e. The summed E-state index contributed by atoms with van der Waals surface area (Å²) < 4.78 is 23.9. The molecule has 0 radical (unpaired) electrons. The molecule has 0 N–H and O–H groups in total. The van der Waals surface area contributed by atoms with Crippen molar-refractivity contribution in [2.75, 3.05) is 25.7 Å². The Kier molecular flexibility index (Phi) is 4.58. The molecule has 0 aliphatic carbocycles. The molecule has 0 saturated carbocycles. The highest BCUT2D eigenvalue weighted by molar-refractivity contribution is 7.54. The molecule has 0 aromatic heterocycles. The van der Waals surface area contributed by atoms with E-state index >= 15 is 0 Å². The molecule has 1 aliphatic rings. The van der Waals surface area contributed by atoms with Gasteiger partial charge in [0.25, 0.3) is 0 Å². The molecule has 0 bridgehead atoms. The lowest BCUT2D eigenvalue weighted by molar-refractivity contribution is 0.263. The van der Waals surface area contributed by atoms with Crippen LogP contribution in [0.4, 0.5) is 5.69 Å². The topological polar surface area (TPSA) is 38.8 Å². The van der Waals surface area contributed by atoms with E-state index in [1.54, 1.807) is 0 Å². The quantitative estimate of drug-likeness (QED) is 0.771. The molecule has 23 heavy (non-hydrogen) atoms. The van der Waals surface area contributed by atoms with Crippen LogP contribution in [0, 0.1) is 6.92 Å². The van der Waals surface area contributed by atoms with Crippen LogP contribution < -0.4 is 4.90 Å². The van der Waals surface area contributed by atoms with Gasteiger partial charge in [0.2, 0.25) is 0 Å². The Balaban J connectivity index is 2.12. The Hall–Kier alpha value is -1.61. The summed E-state index contributed by atoms with van der Waals surface area (Å²) in [6, 6.07) is 16.4. The highest BCUT2D eigenvalue weighted by Gasteiger charge is 2.43. The van der Waals surface area contributed by atoms with E-state index in [1.807, 2.05) is 18.2 Å². The van der Waals surface area contributed by atoms with Crippen LogP contribution in [0.1, 0.15) is 22.5 Å². The number of benzene rings is 2. The van der Waals surface area contributed by atoms with Gasteiger partial charge in [-0.25, -0.2) is 0 Å². The third-order valence-electron chi connectivity index (χ3n) is 4.42. The number of rotatable bonds is 4. The summed E-state index contributed by atoms with van der Waals surface area (Å²) in [5.41, 5.74) is 4.45. The van der Waals surface area contributed by atoms with Crippen LogP contribution in [-0.2, 0) is 20.0 Å². The van der Waals surface area contributed by atoms with Crippen molar-refractivity contribution in [3.8, 4) is 0 Å². The number of hydrogen-bond donors (Lipinski definition) is 0. The molecule has 122 valence electrons. The third-order valence-corrected chi connectivity index (χ3v) is 6.60. The zero-order chi connectivity index (χ0) is 16.4. The molecular weight excluding hydrogens is 309 g/mol.